The molecule has 0 aromatic heterocycles. The molecule has 27 heavy (non-hydrogen) atoms. The smallest absolute Gasteiger partial charge is 0.293 e. The number of ether oxygens (including phenoxy) is 1. The summed E-state index contributed by atoms with van der Waals surface area (Å²) in [5, 5.41) is 17.8. The third-order valence-electron chi connectivity index (χ3n) is 5.99. The van der Waals surface area contributed by atoms with E-state index in [0.717, 1.165) is 38.5 Å². The molecule has 2 N–H and O–H groups in total. The lowest BCUT2D eigenvalue weighted by Crippen LogP contribution is -2.45. The average Bonchev–Trinajstić information content (AvgIpc) is 3.46. The van der Waals surface area contributed by atoms with Crippen LogP contribution in [-0.2, 0) is 4.74 Å². The molecule has 1 atom stereocenters. The number of carbonyl (C=O) groups is 1. The standard InChI is InChI=1S/C20H27N3O4/c24-19(22-15-5-6-15)14-4-7-17(18(12-14)23(25)26)21-16-8-11-27-20(13-16)9-2-1-3-10-20/h4,7,12,15-16,21H,1-3,5-6,8-11,13H2,(H,22,24). The van der Waals surface area contributed by atoms with Crippen molar-refractivity contribution in [3.8, 4) is 0 Å². The number of anilines is 1. The Kier molecular flexibility index (Phi) is 5.04. The fourth-order valence-corrected chi connectivity index (χ4v) is 4.36. The first-order valence-electron chi connectivity index (χ1n) is 10.0. The average molecular weight is 373 g/mol. The van der Waals surface area contributed by atoms with Gasteiger partial charge in [-0.2, -0.15) is 0 Å². The fraction of sp³-hybridized carbons (Fsp3) is 0.650. The van der Waals surface area contributed by atoms with Gasteiger partial charge in [0.1, 0.15) is 5.69 Å². The molecule has 1 heterocycles. The van der Waals surface area contributed by atoms with Crippen LogP contribution in [0, 0.1) is 10.1 Å². The van der Waals surface area contributed by atoms with Crippen molar-refractivity contribution in [2.24, 2.45) is 0 Å². The molecule has 2 aliphatic carbocycles. The van der Waals surface area contributed by atoms with Crippen LogP contribution >= 0.6 is 0 Å². The van der Waals surface area contributed by atoms with E-state index in [0.29, 0.717) is 17.9 Å². The number of hydrogen-bond acceptors (Lipinski definition) is 5. The largest absolute Gasteiger partial charge is 0.377 e. The van der Waals surface area contributed by atoms with Gasteiger partial charge in [-0.1, -0.05) is 19.3 Å². The molecule has 2 saturated carbocycles. The molecule has 1 amide bonds. The summed E-state index contributed by atoms with van der Waals surface area (Å²) in [6.07, 6.45) is 9.49. The van der Waals surface area contributed by atoms with E-state index < -0.39 is 4.92 Å². The summed E-state index contributed by atoms with van der Waals surface area (Å²) in [7, 11) is 0. The maximum Gasteiger partial charge on any atom is 0.293 e. The van der Waals surface area contributed by atoms with Crippen LogP contribution in [0.25, 0.3) is 0 Å². The molecule has 1 aliphatic heterocycles. The van der Waals surface area contributed by atoms with Crippen LogP contribution in [0.2, 0.25) is 0 Å². The van der Waals surface area contributed by atoms with Crippen molar-refractivity contribution in [1.29, 1.82) is 0 Å². The maximum absolute atomic E-state index is 12.2. The fourth-order valence-electron chi connectivity index (χ4n) is 4.36. The van der Waals surface area contributed by atoms with Crippen LogP contribution in [0.1, 0.15) is 68.1 Å². The van der Waals surface area contributed by atoms with Gasteiger partial charge in [-0.3, -0.25) is 14.9 Å². The van der Waals surface area contributed by atoms with Crippen LogP contribution in [0.4, 0.5) is 11.4 Å². The Morgan fingerprint density at radius 3 is 2.63 bits per heavy atom. The van der Waals surface area contributed by atoms with Crippen LogP contribution in [0.5, 0.6) is 0 Å². The minimum atomic E-state index is -0.411. The van der Waals surface area contributed by atoms with E-state index in [2.05, 4.69) is 10.6 Å². The number of nitrogens with one attached hydrogen (secondary N) is 2. The van der Waals surface area contributed by atoms with Gasteiger partial charge in [-0.05, 0) is 50.7 Å². The van der Waals surface area contributed by atoms with Crippen LogP contribution in [0.15, 0.2) is 18.2 Å². The van der Waals surface area contributed by atoms with E-state index >= 15 is 0 Å². The highest BCUT2D eigenvalue weighted by Gasteiger charge is 2.39. The summed E-state index contributed by atoms with van der Waals surface area (Å²) in [5.74, 6) is -0.237. The molecular formula is C20H27N3O4. The summed E-state index contributed by atoms with van der Waals surface area (Å²) in [5.41, 5.74) is 0.728. The summed E-state index contributed by atoms with van der Waals surface area (Å²) in [6.45, 7) is 0.688. The normalized spacial score (nSPS) is 24.4. The van der Waals surface area contributed by atoms with Gasteiger partial charge in [-0.15, -0.1) is 0 Å². The van der Waals surface area contributed by atoms with Gasteiger partial charge < -0.3 is 15.4 Å². The Morgan fingerprint density at radius 2 is 1.93 bits per heavy atom. The van der Waals surface area contributed by atoms with Crippen molar-refractivity contribution in [1.82, 2.24) is 5.32 Å². The molecule has 7 nitrogen and oxygen atoms in total. The summed E-state index contributed by atoms with van der Waals surface area (Å²) < 4.78 is 6.12. The number of amides is 1. The van der Waals surface area contributed by atoms with Crippen molar-refractivity contribution >= 4 is 17.3 Å². The van der Waals surface area contributed by atoms with Gasteiger partial charge in [0, 0.05) is 30.3 Å². The van der Waals surface area contributed by atoms with Gasteiger partial charge in [0.25, 0.3) is 11.6 Å². The molecule has 0 radical (unpaired) electrons. The molecule has 1 saturated heterocycles. The van der Waals surface area contributed by atoms with E-state index in [-0.39, 0.29) is 29.3 Å². The first-order valence-corrected chi connectivity index (χ1v) is 10.0. The van der Waals surface area contributed by atoms with Crippen molar-refractivity contribution < 1.29 is 14.5 Å². The zero-order valence-electron chi connectivity index (χ0n) is 15.5. The van der Waals surface area contributed by atoms with E-state index in [9.17, 15) is 14.9 Å². The van der Waals surface area contributed by atoms with Crippen molar-refractivity contribution in [3.05, 3.63) is 33.9 Å². The Hall–Kier alpha value is -2.15. The van der Waals surface area contributed by atoms with E-state index in [1.807, 2.05) is 0 Å². The Bertz CT molecular complexity index is 720. The van der Waals surface area contributed by atoms with Gasteiger partial charge in [0.05, 0.1) is 10.5 Å². The van der Waals surface area contributed by atoms with E-state index in [1.165, 1.54) is 25.3 Å². The summed E-state index contributed by atoms with van der Waals surface area (Å²) in [6, 6.07) is 5.10. The number of nitro benzene ring substituents is 1. The molecule has 3 aliphatic rings. The SMILES string of the molecule is O=C(NC1CC1)c1ccc(NC2CCOC3(CCCCC3)C2)c([N+](=O)[O-])c1. The maximum atomic E-state index is 12.2. The van der Waals surface area contributed by atoms with Gasteiger partial charge >= 0.3 is 0 Å². The highest BCUT2D eigenvalue weighted by atomic mass is 16.6. The number of benzene rings is 1. The predicted molar refractivity (Wildman–Crippen MR) is 102 cm³/mol. The molecule has 146 valence electrons. The first kappa shape index (κ1) is 18.2. The molecule has 7 heteroatoms. The number of carbonyl (C=O) groups excluding carboxylic acids is 1. The lowest BCUT2D eigenvalue weighted by Gasteiger charge is -2.43. The van der Waals surface area contributed by atoms with Crippen LogP contribution < -0.4 is 10.6 Å². The van der Waals surface area contributed by atoms with E-state index in [1.54, 1.807) is 12.1 Å². The second kappa shape index (κ2) is 7.46. The highest BCUT2D eigenvalue weighted by molar-refractivity contribution is 5.96. The molecule has 0 bridgehead atoms. The zero-order chi connectivity index (χ0) is 18.9. The minimum Gasteiger partial charge on any atom is -0.377 e. The lowest BCUT2D eigenvalue weighted by molar-refractivity contribution is -0.384. The third-order valence-corrected chi connectivity index (χ3v) is 5.99. The lowest BCUT2D eigenvalue weighted by atomic mass is 9.78. The molecule has 3 fully saturated rings. The van der Waals surface area contributed by atoms with Crippen molar-refractivity contribution in [2.45, 2.75) is 75.5 Å². The highest BCUT2D eigenvalue weighted by Crippen LogP contribution is 2.40. The number of nitrogens with zero attached hydrogens (tertiary/aromatic N) is 1. The molecule has 4 rings (SSSR count). The van der Waals surface area contributed by atoms with E-state index in [4.69, 9.17) is 4.74 Å². The minimum absolute atomic E-state index is 0.0392. The topological polar surface area (TPSA) is 93.5 Å². The second-order valence-electron chi connectivity index (χ2n) is 8.16. The molecule has 1 spiro atoms. The molecule has 1 aromatic rings. The zero-order valence-corrected chi connectivity index (χ0v) is 15.5. The first-order chi connectivity index (χ1) is 13.0. The third kappa shape index (κ3) is 4.24. The van der Waals surface area contributed by atoms with Gasteiger partial charge in [0.2, 0.25) is 0 Å². The summed E-state index contributed by atoms with van der Waals surface area (Å²) >= 11 is 0. The van der Waals surface area contributed by atoms with Crippen molar-refractivity contribution in [3.63, 3.8) is 0 Å². The van der Waals surface area contributed by atoms with Crippen LogP contribution in [0.3, 0.4) is 0 Å². The second-order valence-corrected chi connectivity index (χ2v) is 8.16. The van der Waals surface area contributed by atoms with Crippen LogP contribution in [-0.4, -0.2) is 35.1 Å². The van der Waals surface area contributed by atoms with Gasteiger partial charge in [-0.25, -0.2) is 0 Å². The molecule has 1 aromatic carbocycles. The van der Waals surface area contributed by atoms with Gasteiger partial charge in [0.15, 0.2) is 0 Å². The van der Waals surface area contributed by atoms with Crippen molar-refractivity contribution in [2.75, 3.05) is 11.9 Å². The quantitative estimate of drug-likeness (QED) is 0.605. The Morgan fingerprint density at radius 1 is 1.15 bits per heavy atom. The Labute approximate surface area is 159 Å². The monoisotopic (exact) mass is 373 g/mol. The number of hydrogen-bond donors (Lipinski definition) is 2. The molecule has 1 unspecified atom stereocenters. The summed E-state index contributed by atoms with van der Waals surface area (Å²) in [4.78, 5) is 23.4. The number of nitro groups is 1. The predicted octanol–water partition coefficient (Wildman–Crippen LogP) is 3.78. The number of rotatable bonds is 5. The Balaban J connectivity index is 1.48. The molecular weight excluding hydrogens is 346 g/mol.